The Morgan fingerprint density at radius 1 is 0.800 bits per heavy atom. The van der Waals surface area contributed by atoms with E-state index in [2.05, 4.69) is 33.8 Å². The summed E-state index contributed by atoms with van der Waals surface area (Å²) in [6.07, 6.45) is -6.31. The van der Waals surface area contributed by atoms with Gasteiger partial charge in [0.25, 0.3) is 0 Å². The SMILES string of the molecule is CC1CCC2(OC1)OC1CC3C4CC=C5CC(OC6OC(CO)C(OC7OC(C)C(O)C(O)C7O)C(O)C6OC6OCC(O)(CO)C6O)CCC5(C)C4CCC3(C)C1C2C. The molecular weight excluding hydrogens is 784 g/mol. The highest BCUT2D eigenvalue weighted by Gasteiger charge is 2.69. The Balaban J connectivity index is 0.910. The third-order valence-corrected chi connectivity index (χ3v) is 17.4. The average Bonchev–Trinajstić information content (AvgIpc) is 3.80. The second kappa shape index (κ2) is 16.2. The Kier molecular flexibility index (Phi) is 12.0. The van der Waals surface area contributed by atoms with E-state index in [0.29, 0.717) is 48.3 Å². The highest BCUT2D eigenvalue weighted by atomic mass is 16.8. The minimum Gasteiger partial charge on any atom is -0.394 e. The number of aliphatic hydroxyl groups is 8. The molecule has 1 spiro atoms. The summed E-state index contributed by atoms with van der Waals surface area (Å²) in [6.45, 7) is 9.98. The lowest BCUT2D eigenvalue weighted by Crippen LogP contribution is -2.65. The van der Waals surface area contributed by atoms with Crippen LogP contribution < -0.4 is 0 Å². The summed E-state index contributed by atoms with van der Waals surface area (Å²) >= 11 is 0. The van der Waals surface area contributed by atoms with Gasteiger partial charge in [0.05, 0.1) is 44.7 Å². The van der Waals surface area contributed by atoms with Crippen LogP contribution in [-0.2, 0) is 37.9 Å². The minimum atomic E-state index is -2.01. The van der Waals surface area contributed by atoms with Gasteiger partial charge in [-0.15, -0.1) is 0 Å². The largest absolute Gasteiger partial charge is 0.394 e. The summed E-state index contributed by atoms with van der Waals surface area (Å²) < 4.78 is 49.8. The predicted molar refractivity (Wildman–Crippen MR) is 208 cm³/mol. The van der Waals surface area contributed by atoms with Crippen molar-refractivity contribution in [2.45, 2.75) is 190 Å². The first-order valence-corrected chi connectivity index (χ1v) is 22.7. The van der Waals surface area contributed by atoms with Crippen LogP contribution in [-0.4, -0.2) is 165 Å². The lowest BCUT2D eigenvalue weighted by atomic mass is 9.47. The Labute approximate surface area is 352 Å². The molecule has 24 unspecified atom stereocenters. The number of ether oxygens (including phenoxy) is 8. The molecule has 3 saturated carbocycles. The average molecular weight is 855 g/mol. The zero-order valence-corrected chi connectivity index (χ0v) is 35.7. The lowest BCUT2D eigenvalue weighted by molar-refractivity contribution is -0.375. The Morgan fingerprint density at radius 2 is 1.57 bits per heavy atom. The third kappa shape index (κ3) is 7.01. The van der Waals surface area contributed by atoms with Crippen LogP contribution in [0, 0.1) is 46.3 Å². The minimum absolute atomic E-state index is 0.0137. The van der Waals surface area contributed by atoms with Crippen LogP contribution in [0.25, 0.3) is 0 Å². The quantitative estimate of drug-likeness (QED) is 0.158. The fourth-order valence-electron chi connectivity index (χ4n) is 13.8. The second-order valence-corrected chi connectivity index (χ2v) is 20.8. The number of aliphatic hydroxyl groups excluding tert-OH is 7. The highest BCUT2D eigenvalue weighted by molar-refractivity contribution is 5.26. The molecule has 4 aliphatic carbocycles. The van der Waals surface area contributed by atoms with Crippen molar-refractivity contribution in [1.29, 1.82) is 0 Å². The molecule has 342 valence electrons. The first-order chi connectivity index (χ1) is 28.5. The predicted octanol–water partition coefficient (Wildman–Crippen LogP) is 0.855. The molecule has 0 radical (unpaired) electrons. The second-order valence-electron chi connectivity index (χ2n) is 20.8. The molecule has 8 fully saturated rings. The van der Waals surface area contributed by atoms with E-state index in [0.717, 1.165) is 45.1 Å². The molecule has 24 atom stereocenters. The van der Waals surface area contributed by atoms with Crippen LogP contribution in [0.15, 0.2) is 11.6 Å². The van der Waals surface area contributed by atoms with Crippen LogP contribution in [0.1, 0.15) is 92.4 Å². The van der Waals surface area contributed by atoms with Gasteiger partial charge in [-0.25, -0.2) is 0 Å². The standard InChI is InChI=1S/C44H70O16/c1-20-8-13-44(54-17-20)21(2)30-28(60-44)15-27-25-7-6-23-14-24(9-11-41(23,4)26(25)10-12-42(27,30)5)56-39-36(59-40-37(51)43(52,18-46)19-53-40)34(50)35(29(16-45)57-39)58-38-33(49)32(48)31(47)22(3)55-38/h6,20-22,24-40,45-52H,7-19H2,1-5H3. The fraction of sp³-hybridized carbons (Fsp3) is 0.955. The topological polar surface area (TPSA) is 236 Å². The van der Waals surface area contributed by atoms with Crippen LogP contribution in [0.4, 0.5) is 0 Å². The zero-order valence-electron chi connectivity index (χ0n) is 35.7. The molecular formula is C44H70O16. The van der Waals surface area contributed by atoms with Crippen molar-refractivity contribution in [3.05, 3.63) is 11.6 Å². The van der Waals surface area contributed by atoms with E-state index in [1.807, 2.05) is 0 Å². The van der Waals surface area contributed by atoms with Gasteiger partial charge in [-0.05, 0) is 98.7 Å². The summed E-state index contributed by atoms with van der Waals surface area (Å²) in [7, 11) is 0. The fourth-order valence-corrected chi connectivity index (χ4v) is 13.8. The summed E-state index contributed by atoms with van der Waals surface area (Å²) in [5, 5.41) is 85.2. The van der Waals surface area contributed by atoms with Crippen molar-refractivity contribution in [2.24, 2.45) is 46.3 Å². The number of hydrogen-bond acceptors (Lipinski definition) is 16. The van der Waals surface area contributed by atoms with Gasteiger partial charge in [-0.1, -0.05) is 39.3 Å². The van der Waals surface area contributed by atoms with Crippen LogP contribution >= 0.6 is 0 Å². The number of rotatable bonds is 8. The first-order valence-electron chi connectivity index (χ1n) is 22.7. The van der Waals surface area contributed by atoms with Crippen molar-refractivity contribution in [2.75, 3.05) is 26.4 Å². The van der Waals surface area contributed by atoms with E-state index in [-0.39, 0.29) is 23.0 Å². The molecule has 5 heterocycles. The van der Waals surface area contributed by atoms with Gasteiger partial charge in [0, 0.05) is 12.3 Å². The van der Waals surface area contributed by atoms with Gasteiger partial charge in [0.15, 0.2) is 24.7 Å². The maximum absolute atomic E-state index is 11.9. The molecule has 0 bridgehead atoms. The Bertz CT molecular complexity index is 1580. The molecule has 0 aromatic rings. The first kappa shape index (κ1) is 44.3. The third-order valence-electron chi connectivity index (χ3n) is 17.4. The van der Waals surface area contributed by atoms with Crippen molar-refractivity contribution in [1.82, 2.24) is 0 Å². The highest BCUT2D eigenvalue weighted by Crippen LogP contribution is 2.70. The number of fused-ring (bicyclic) bond motifs is 7. The smallest absolute Gasteiger partial charge is 0.187 e. The molecule has 0 amide bonds. The van der Waals surface area contributed by atoms with Gasteiger partial charge in [0.2, 0.25) is 0 Å². The summed E-state index contributed by atoms with van der Waals surface area (Å²) in [6, 6.07) is 0. The van der Waals surface area contributed by atoms with Gasteiger partial charge >= 0.3 is 0 Å². The molecule has 0 aromatic heterocycles. The molecule has 9 rings (SSSR count). The number of allylic oxidation sites excluding steroid dienone is 1. The Hall–Kier alpha value is -0.900. The van der Waals surface area contributed by atoms with Crippen molar-refractivity contribution in [3.8, 4) is 0 Å². The van der Waals surface area contributed by atoms with E-state index >= 15 is 0 Å². The summed E-state index contributed by atoms with van der Waals surface area (Å²) in [4.78, 5) is 0. The van der Waals surface area contributed by atoms with E-state index < -0.39 is 105 Å². The van der Waals surface area contributed by atoms with Crippen LogP contribution in [0.3, 0.4) is 0 Å². The molecule has 5 aliphatic heterocycles. The zero-order chi connectivity index (χ0) is 42.7. The Morgan fingerprint density at radius 3 is 2.27 bits per heavy atom. The van der Waals surface area contributed by atoms with Gasteiger partial charge in [-0.3, -0.25) is 0 Å². The maximum atomic E-state index is 11.9. The lowest BCUT2D eigenvalue weighted by Gasteiger charge is -2.58. The van der Waals surface area contributed by atoms with Crippen LogP contribution in [0.2, 0.25) is 0 Å². The molecule has 16 nitrogen and oxygen atoms in total. The molecule has 5 saturated heterocycles. The molecule has 16 heteroatoms. The maximum Gasteiger partial charge on any atom is 0.187 e. The van der Waals surface area contributed by atoms with E-state index in [1.165, 1.54) is 18.9 Å². The number of hydrogen-bond donors (Lipinski definition) is 8. The van der Waals surface area contributed by atoms with Crippen molar-refractivity contribution in [3.63, 3.8) is 0 Å². The van der Waals surface area contributed by atoms with E-state index in [4.69, 9.17) is 37.9 Å². The van der Waals surface area contributed by atoms with Gasteiger partial charge < -0.3 is 78.7 Å². The molecule has 0 aromatic carbocycles. The van der Waals surface area contributed by atoms with Crippen molar-refractivity contribution >= 4 is 0 Å². The van der Waals surface area contributed by atoms with Crippen LogP contribution in [0.5, 0.6) is 0 Å². The molecule has 8 N–H and O–H groups in total. The monoisotopic (exact) mass is 854 g/mol. The molecule has 9 aliphatic rings. The van der Waals surface area contributed by atoms with E-state index in [9.17, 15) is 40.9 Å². The van der Waals surface area contributed by atoms with Gasteiger partial charge in [0.1, 0.15) is 54.4 Å². The summed E-state index contributed by atoms with van der Waals surface area (Å²) in [5.41, 5.74) is -0.474. The molecule has 60 heavy (non-hydrogen) atoms. The van der Waals surface area contributed by atoms with E-state index in [1.54, 1.807) is 0 Å². The van der Waals surface area contributed by atoms with Gasteiger partial charge in [-0.2, -0.15) is 0 Å². The normalized spacial score (nSPS) is 57.7. The van der Waals surface area contributed by atoms with Crippen molar-refractivity contribution < 1.29 is 78.7 Å². The summed E-state index contributed by atoms with van der Waals surface area (Å²) in [5.74, 6) is 2.65.